The number of benzene rings is 1. The van der Waals surface area contributed by atoms with Crippen molar-refractivity contribution in [3.63, 3.8) is 0 Å². The average molecular weight is 303 g/mol. The molecule has 1 aromatic heterocycles. The Morgan fingerprint density at radius 3 is 2.71 bits per heavy atom. The fourth-order valence-corrected chi connectivity index (χ4v) is 2.42. The van der Waals surface area contributed by atoms with Crippen molar-refractivity contribution in [1.29, 1.82) is 0 Å². The van der Waals surface area contributed by atoms with Gasteiger partial charge in [-0.05, 0) is 35.2 Å². The van der Waals surface area contributed by atoms with E-state index < -0.39 is 0 Å². The molecule has 4 nitrogen and oxygen atoms in total. The highest BCUT2D eigenvalue weighted by molar-refractivity contribution is 7.09. The van der Waals surface area contributed by atoms with Crippen LogP contribution in [-0.4, -0.2) is 20.1 Å². The van der Waals surface area contributed by atoms with Crippen molar-refractivity contribution in [2.45, 2.75) is 6.54 Å². The van der Waals surface area contributed by atoms with Crippen LogP contribution in [-0.2, 0) is 11.3 Å². The van der Waals surface area contributed by atoms with Crippen LogP contribution < -0.4 is 14.8 Å². The van der Waals surface area contributed by atoms with Crippen LogP contribution in [0.3, 0.4) is 0 Å². The number of nitrogens with one attached hydrogen (secondary N) is 1. The van der Waals surface area contributed by atoms with E-state index in [4.69, 9.17) is 9.47 Å². The number of rotatable bonds is 6. The summed E-state index contributed by atoms with van der Waals surface area (Å²) in [5.74, 6) is 1.17. The van der Waals surface area contributed by atoms with Gasteiger partial charge in [-0.3, -0.25) is 4.79 Å². The van der Waals surface area contributed by atoms with Crippen LogP contribution in [0.5, 0.6) is 11.5 Å². The molecule has 0 radical (unpaired) electrons. The van der Waals surface area contributed by atoms with Gasteiger partial charge in [0.2, 0.25) is 5.91 Å². The Morgan fingerprint density at radius 1 is 1.24 bits per heavy atom. The van der Waals surface area contributed by atoms with Crippen LogP contribution in [0.2, 0.25) is 0 Å². The second-order valence-electron chi connectivity index (χ2n) is 4.24. The van der Waals surface area contributed by atoms with Crippen molar-refractivity contribution in [2.24, 2.45) is 0 Å². The van der Waals surface area contributed by atoms with Crippen LogP contribution in [0, 0.1) is 0 Å². The number of ether oxygens (including phenoxy) is 2. The lowest BCUT2D eigenvalue weighted by Crippen LogP contribution is -2.19. The second kappa shape index (κ2) is 7.50. The predicted octanol–water partition coefficient (Wildman–Crippen LogP) is 3.09. The van der Waals surface area contributed by atoms with Crippen LogP contribution >= 0.6 is 11.3 Å². The van der Waals surface area contributed by atoms with E-state index in [1.54, 1.807) is 31.6 Å². The largest absolute Gasteiger partial charge is 0.493 e. The highest BCUT2D eigenvalue weighted by Gasteiger charge is 2.03. The van der Waals surface area contributed by atoms with Crippen molar-refractivity contribution < 1.29 is 14.3 Å². The molecule has 0 aliphatic rings. The van der Waals surface area contributed by atoms with Gasteiger partial charge in [-0.2, -0.15) is 0 Å². The quantitative estimate of drug-likeness (QED) is 0.834. The first-order chi connectivity index (χ1) is 10.2. The molecule has 0 unspecified atom stereocenters. The Labute approximate surface area is 128 Å². The molecule has 5 heteroatoms. The van der Waals surface area contributed by atoms with E-state index in [1.165, 1.54) is 6.08 Å². The molecule has 0 spiro atoms. The molecule has 21 heavy (non-hydrogen) atoms. The minimum atomic E-state index is -0.127. The summed E-state index contributed by atoms with van der Waals surface area (Å²) in [6.45, 7) is 0.548. The third-order valence-electron chi connectivity index (χ3n) is 2.85. The molecule has 110 valence electrons. The molecule has 1 heterocycles. The lowest BCUT2D eigenvalue weighted by Gasteiger charge is -2.07. The number of hydrogen-bond acceptors (Lipinski definition) is 4. The van der Waals surface area contributed by atoms with Gasteiger partial charge >= 0.3 is 0 Å². The summed E-state index contributed by atoms with van der Waals surface area (Å²) in [7, 11) is 3.17. The summed E-state index contributed by atoms with van der Waals surface area (Å²) in [6, 6.07) is 9.45. The monoisotopic (exact) mass is 303 g/mol. The third-order valence-corrected chi connectivity index (χ3v) is 3.73. The van der Waals surface area contributed by atoms with Crippen LogP contribution in [0.1, 0.15) is 10.4 Å². The highest BCUT2D eigenvalue weighted by atomic mass is 32.1. The summed E-state index contributed by atoms with van der Waals surface area (Å²) < 4.78 is 10.4. The molecular weight excluding hydrogens is 286 g/mol. The summed E-state index contributed by atoms with van der Waals surface area (Å²) in [4.78, 5) is 12.9. The molecule has 2 rings (SSSR count). The molecule has 0 bridgehead atoms. The van der Waals surface area contributed by atoms with E-state index in [0.29, 0.717) is 18.0 Å². The van der Waals surface area contributed by atoms with Gasteiger partial charge in [-0.25, -0.2) is 0 Å². The topological polar surface area (TPSA) is 47.6 Å². The van der Waals surface area contributed by atoms with Gasteiger partial charge in [0, 0.05) is 11.0 Å². The number of hydrogen-bond donors (Lipinski definition) is 1. The molecule has 0 aliphatic heterocycles. The van der Waals surface area contributed by atoms with Gasteiger partial charge in [-0.15, -0.1) is 11.3 Å². The zero-order chi connectivity index (χ0) is 15.1. The molecule has 1 N–H and O–H groups in total. The number of thiophene rings is 1. The molecule has 2 aromatic rings. The zero-order valence-corrected chi connectivity index (χ0v) is 12.8. The van der Waals surface area contributed by atoms with Gasteiger partial charge in [0.15, 0.2) is 11.5 Å². The van der Waals surface area contributed by atoms with Crippen molar-refractivity contribution in [2.75, 3.05) is 14.2 Å². The smallest absolute Gasteiger partial charge is 0.244 e. The minimum Gasteiger partial charge on any atom is -0.493 e. The fourth-order valence-electron chi connectivity index (χ4n) is 1.77. The Hall–Kier alpha value is -2.27. The molecule has 0 atom stereocenters. The lowest BCUT2D eigenvalue weighted by atomic mass is 10.2. The Kier molecular flexibility index (Phi) is 5.40. The van der Waals surface area contributed by atoms with Gasteiger partial charge in [0.05, 0.1) is 20.8 Å². The van der Waals surface area contributed by atoms with Crippen molar-refractivity contribution in [3.05, 3.63) is 52.2 Å². The molecule has 0 saturated carbocycles. The Bertz CT molecular complexity index is 620. The summed E-state index contributed by atoms with van der Waals surface area (Å²) in [5, 5.41) is 4.82. The normalized spacial score (nSPS) is 10.6. The Morgan fingerprint density at radius 2 is 2.05 bits per heavy atom. The van der Waals surface area contributed by atoms with E-state index in [-0.39, 0.29) is 5.91 Å². The number of amides is 1. The first-order valence-corrected chi connectivity index (χ1v) is 7.31. The molecular formula is C16H17NO3S. The van der Waals surface area contributed by atoms with E-state index in [0.717, 1.165) is 10.4 Å². The number of methoxy groups -OCH3 is 2. The minimum absolute atomic E-state index is 0.127. The number of carbonyl (C=O) groups is 1. The standard InChI is InChI=1S/C16H17NO3S/c1-19-14-7-5-12(10-15(14)20-2)6-8-16(18)17-11-13-4-3-9-21-13/h3-10H,11H2,1-2H3,(H,17,18)/b8-6+. The zero-order valence-electron chi connectivity index (χ0n) is 12.0. The molecule has 0 saturated heterocycles. The Balaban J connectivity index is 1.95. The summed E-state index contributed by atoms with van der Waals surface area (Å²) in [6.07, 6.45) is 3.25. The third kappa shape index (κ3) is 4.36. The van der Waals surface area contributed by atoms with Crippen molar-refractivity contribution in [3.8, 4) is 11.5 Å². The first kappa shape index (κ1) is 15.1. The lowest BCUT2D eigenvalue weighted by molar-refractivity contribution is -0.116. The van der Waals surface area contributed by atoms with Crippen molar-refractivity contribution in [1.82, 2.24) is 5.32 Å². The fraction of sp³-hybridized carbons (Fsp3) is 0.188. The second-order valence-corrected chi connectivity index (χ2v) is 5.28. The van der Waals surface area contributed by atoms with Crippen molar-refractivity contribution >= 4 is 23.3 Å². The van der Waals surface area contributed by atoms with E-state index in [2.05, 4.69) is 5.32 Å². The average Bonchev–Trinajstić information content (AvgIpc) is 3.04. The van der Waals surface area contributed by atoms with E-state index >= 15 is 0 Å². The molecule has 1 amide bonds. The highest BCUT2D eigenvalue weighted by Crippen LogP contribution is 2.27. The maximum absolute atomic E-state index is 11.7. The van der Waals surface area contributed by atoms with Crippen LogP contribution in [0.15, 0.2) is 41.8 Å². The van der Waals surface area contributed by atoms with Gasteiger partial charge in [0.25, 0.3) is 0 Å². The predicted molar refractivity (Wildman–Crippen MR) is 84.7 cm³/mol. The maximum atomic E-state index is 11.7. The number of carbonyl (C=O) groups excluding carboxylic acids is 1. The summed E-state index contributed by atoms with van der Waals surface area (Å²) >= 11 is 1.62. The van der Waals surface area contributed by atoms with E-state index in [9.17, 15) is 4.79 Å². The maximum Gasteiger partial charge on any atom is 0.244 e. The summed E-state index contributed by atoms with van der Waals surface area (Å²) in [5.41, 5.74) is 0.874. The van der Waals surface area contributed by atoms with Crippen LogP contribution in [0.25, 0.3) is 6.08 Å². The van der Waals surface area contributed by atoms with Gasteiger partial charge in [-0.1, -0.05) is 12.1 Å². The SMILES string of the molecule is COc1ccc(/C=C/C(=O)NCc2cccs2)cc1OC. The molecule has 0 aliphatic carbocycles. The van der Waals surface area contributed by atoms with Crippen LogP contribution in [0.4, 0.5) is 0 Å². The van der Waals surface area contributed by atoms with Gasteiger partial charge in [0.1, 0.15) is 0 Å². The molecule has 1 aromatic carbocycles. The van der Waals surface area contributed by atoms with Gasteiger partial charge < -0.3 is 14.8 Å². The first-order valence-electron chi connectivity index (χ1n) is 6.43. The molecule has 0 fully saturated rings. The van der Waals surface area contributed by atoms with E-state index in [1.807, 2.05) is 35.7 Å².